The van der Waals surface area contributed by atoms with Gasteiger partial charge in [-0.25, -0.2) is 0 Å². The van der Waals surface area contributed by atoms with Crippen molar-refractivity contribution in [2.45, 2.75) is 36.9 Å². The monoisotopic (exact) mass is 348 g/mol. The van der Waals surface area contributed by atoms with Crippen LogP contribution in [0.1, 0.15) is 26.2 Å². The van der Waals surface area contributed by atoms with Crippen LogP contribution in [-0.2, 0) is 9.53 Å². The van der Waals surface area contributed by atoms with Gasteiger partial charge in [0.25, 0.3) is 0 Å². The molecule has 110 valence electrons. The summed E-state index contributed by atoms with van der Waals surface area (Å²) in [5.41, 5.74) is 0. The summed E-state index contributed by atoms with van der Waals surface area (Å²) in [5.74, 6) is -5.59. The second-order valence-electron chi connectivity index (χ2n) is 4.85. The Balaban J connectivity index is 2.08. The number of carbonyl (C=O) groups excluding carboxylic acids is 1. The number of ether oxygens (including phenoxy) is 1. The van der Waals surface area contributed by atoms with E-state index in [0.717, 1.165) is 17.3 Å². The van der Waals surface area contributed by atoms with Crippen LogP contribution < -0.4 is 4.46 Å². The van der Waals surface area contributed by atoms with Crippen molar-refractivity contribution in [3.05, 3.63) is 30.3 Å². The predicted octanol–water partition coefficient (Wildman–Crippen LogP) is 2.80. The molecule has 1 fully saturated rings. The molecule has 0 spiro atoms. The van der Waals surface area contributed by atoms with Crippen molar-refractivity contribution in [2.75, 3.05) is 6.61 Å². The van der Waals surface area contributed by atoms with E-state index in [0.29, 0.717) is 6.42 Å². The SMILES string of the molecule is CCOC(=O)C(F)(F)[C@@H]1CCC[C@H]1[Se]c1ccccc1. The van der Waals surface area contributed by atoms with Gasteiger partial charge in [0.2, 0.25) is 0 Å². The van der Waals surface area contributed by atoms with Crippen molar-refractivity contribution in [1.82, 2.24) is 0 Å². The van der Waals surface area contributed by atoms with Crippen molar-refractivity contribution >= 4 is 25.4 Å². The zero-order valence-corrected chi connectivity index (χ0v) is 13.1. The summed E-state index contributed by atoms with van der Waals surface area (Å²) < 4.78 is 34.0. The van der Waals surface area contributed by atoms with Gasteiger partial charge in [0.1, 0.15) is 0 Å². The maximum atomic E-state index is 14.2. The third-order valence-electron chi connectivity index (χ3n) is 3.50. The van der Waals surface area contributed by atoms with Gasteiger partial charge in [-0.05, 0) is 0 Å². The molecule has 1 aromatic rings. The summed E-state index contributed by atoms with van der Waals surface area (Å²) in [6.45, 7) is 1.55. The van der Waals surface area contributed by atoms with Gasteiger partial charge in [0, 0.05) is 0 Å². The van der Waals surface area contributed by atoms with E-state index >= 15 is 0 Å². The molecule has 0 radical (unpaired) electrons. The summed E-state index contributed by atoms with van der Waals surface area (Å²) in [6, 6.07) is 9.70. The van der Waals surface area contributed by atoms with E-state index < -0.39 is 17.8 Å². The van der Waals surface area contributed by atoms with E-state index in [1.807, 2.05) is 30.3 Å². The normalized spacial score (nSPS) is 22.8. The average molecular weight is 347 g/mol. The first-order chi connectivity index (χ1) is 9.55. The summed E-state index contributed by atoms with van der Waals surface area (Å²) in [6.07, 6.45) is 1.94. The third kappa shape index (κ3) is 3.39. The molecule has 20 heavy (non-hydrogen) atoms. The molecule has 0 amide bonds. The number of carbonyl (C=O) groups is 1. The number of esters is 1. The molecule has 2 atom stereocenters. The van der Waals surface area contributed by atoms with Gasteiger partial charge in [0.05, 0.1) is 0 Å². The molecule has 0 saturated heterocycles. The van der Waals surface area contributed by atoms with Crippen LogP contribution in [0.15, 0.2) is 30.3 Å². The fourth-order valence-corrected chi connectivity index (χ4v) is 5.51. The fraction of sp³-hybridized carbons (Fsp3) is 0.533. The Bertz CT molecular complexity index is 450. The Morgan fingerprint density at radius 3 is 2.70 bits per heavy atom. The van der Waals surface area contributed by atoms with Crippen molar-refractivity contribution in [3.8, 4) is 0 Å². The summed E-state index contributed by atoms with van der Waals surface area (Å²) >= 11 is -0.0294. The van der Waals surface area contributed by atoms with E-state index in [-0.39, 0.29) is 26.4 Å². The molecule has 0 aromatic heterocycles. The summed E-state index contributed by atoms with van der Waals surface area (Å²) in [4.78, 5) is 11.4. The zero-order valence-electron chi connectivity index (χ0n) is 11.4. The van der Waals surface area contributed by atoms with Crippen LogP contribution in [0, 0.1) is 5.92 Å². The molecule has 0 bridgehead atoms. The molecule has 1 aromatic carbocycles. The summed E-state index contributed by atoms with van der Waals surface area (Å²) in [7, 11) is 0. The number of hydrogen-bond acceptors (Lipinski definition) is 2. The number of rotatable bonds is 5. The van der Waals surface area contributed by atoms with Gasteiger partial charge in [0.15, 0.2) is 0 Å². The maximum absolute atomic E-state index is 14.2. The molecule has 5 heteroatoms. The Kier molecular flexibility index (Phi) is 5.16. The van der Waals surface area contributed by atoms with Crippen LogP contribution in [0.4, 0.5) is 8.78 Å². The topological polar surface area (TPSA) is 26.3 Å². The number of benzene rings is 1. The third-order valence-corrected chi connectivity index (χ3v) is 6.46. The standard InChI is InChI=1S/C15H18F2O2Se/c1-2-19-14(18)15(16,17)12-9-6-10-13(12)20-11-7-4-3-5-8-11/h3-5,7-8,12-13H,2,6,9-10H2,1H3/t12-,13-/m1/s1. The first-order valence-electron chi connectivity index (χ1n) is 6.82. The molecule has 0 N–H and O–H groups in total. The minimum absolute atomic E-state index is 0.00433. The molecular weight excluding hydrogens is 329 g/mol. The van der Waals surface area contributed by atoms with Crippen LogP contribution in [0.25, 0.3) is 0 Å². The average Bonchev–Trinajstić information content (AvgIpc) is 2.89. The van der Waals surface area contributed by atoms with Crippen LogP contribution in [0.2, 0.25) is 4.82 Å². The molecule has 0 unspecified atom stereocenters. The molecule has 2 rings (SSSR count). The number of hydrogen-bond donors (Lipinski definition) is 0. The summed E-state index contributed by atoms with van der Waals surface area (Å²) in [5, 5.41) is 0. The second-order valence-corrected chi connectivity index (χ2v) is 7.60. The molecule has 0 aliphatic heterocycles. The first kappa shape index (κ1) is 15.5. The predicted molar refractivity (Wildman–Crippen MR) is 74.5 cm³/mol. The van der Waals surface area contributed by atoms with Gasteiger partial charge in [-0.1, -0.05) is 0 Å². The molecule has 1 aliphatic rings. The van der Waals surface area contributed by atoms with E-state index in [1.165, 1.54) is 0 Å². The van der Waals surface area contributed by atoms with Gasteiger partial charge < -0.3 is 0 Å². The molecule has 1 aliphatic carbocycles. The van der Waals surface area contributed by atoms with Crippen molar-refractivity contribution in [3.63, 3.8) is 0 Å². The van der Waals surface area contributed by atoms with Crippen LogP contribution in [0.5, 0.6) is 0 Å². The van der Waals surface area contributed by atoms with E-state index in [4.69, 9.17) is 0 Å². The number of alkyl halides is 2. The van der Waals surface area contributed by atoms with E-state index in [9.17, 15) is 13.6 Å². The Morgan fingerprint density at radius 2 is 2.05 bits per heavy atom. The van der Waals surface area contributed by atoms with Gasteiger partial charge >= 0.3 is 123 Å². The van der Waals surface area contributed by atoms with Crippen LogP contribution in [0.3, 0.4) is 0 Å². The van der Waals surface area contributed by atoms with Crippen LogP contribution >= 0.6 is 0 Å². The van der Waals surface area contributed by atoms with Crippen molar-refractivity contribution < 1.29 is 18.3 Å². The quantitative estimate of drug-likeness (QED) is 0.605. The van der Waals surface area contributed by atoms with E-state index in [2.05, 4.69) is 4.74 Å². The van der Waals surface area contributed by atoms with Gasteiger partial charge in [-0.2, -0.15) is 0 Å². The number of halogens is 2. The second kappa shape index (κ2) is 6.68. The molecule has 0 heterocycles. The molecule has 2 nitrogen and oxygen atoms in total. The Hall–Kier alpha value is -0.931. The Morgan fingerprint density at radius 1 is 1.35 bits per heavy atom. The van der Waals surface area contributed by atoms with E-state index in [1.54, 1.807) is 6.92 Å². The van der Waals surface area contributed by atoms with Gasteiger partial charge in [-0.15, -0.1) is 0 Å². The first-order valence-corrected chi connectivity index (χ1v) is 8.67. The fourth-order valence-electron chi connectivity index (χ4n) is 2.53. The molecular formula is C15H18F2O2Se. The Labute approximate surface area is 124 Å². The van der Waals surface area contributed by atoms with Gasteiger partial charge in [-0.3, -0.25) is 0 Å². The zero-order chi connectivity index (χ0) is 14.6. The molecule has 1 saturated carbocycles. The minimum atomic E-state index is -3.35. The van der Waals surface area contributed by atoms with Crippen molar-refractivity contribution in [1.29, 1.82) is 0 Å². The van der Waals surface area contributed by atoms with Crippen LogP contribution in [-0.4, -0.2) is 33.5 Å². The van der Waals surface area contributed by atoms with Crippen molar-refractivity contribution in [2.24, 2.45) is 5.92 Å².